The minimum atomic E-state index is -0.597. The SMILES string of the molecule is Cc1ccc2c(N)c(C(=O)N[C@H]3CCc4c(F)c(N5CCN(C(=O)OC(C)(C)C)CC5)cc(F)c4C3)sc2n1. The van der Waals surface area contributed by atoms with Crippen molar-refractivity contribution in [3.05, 3.63) is 51.5 Å². The molecule has 11 heteroatoms. The molecule has 3 N–H and O–H groups in total. The van der Waals surface area contributed by atoms with Gasteiger partial charge in [-0.25, -0.2) is 18.6 Å². The van der Waals surface area contributed by atoms with Crippen molar-refractivity contribution >= 4 is 44.9 Å². The lowest BCUT2D eigenvalue weighted by Gasteiger charge is -2.37. The Balaban J connectivity index is 1.27. The molecule has 208 valence electrons. The van der Waals surface area contributed by atoms with Gasteiger partial charge >= 0.3 is 6.09 Å². The minimum absolute atomic E-state index is 0.193. The fraction of sp³-hybridized carbons (Fsp3) is 0.464. The topological polar surface area (TPSA) is 101 Å². The molecule has 1 fully saturated rings. The van der Waals surface area contributed by atoms with Gasteiger partial charge in [-0.3, -0.25) is 4.79 Å². The van der Waals surface area contributed by atoms with Crippen LogP contribution in [0, 0.1) is 18.6 Å². The van der Waals surface area contributed by atoms with Gasteiger partial charge in [-0.05, 0) is 70.2 Å². The summed E-state index contributed by atoms with van der Waals surface area (Å²) in [7, 11) is 0. The smallest absolute Gasteiger partial charge is 0.410 e. The summed E-state index contributed by atoms with van der Waals surface area (Å²) in [4.78, 5) is 34.3. The van der Waals surface area contributed by atoms with Gasteiger partial charge in [-0.15, -0.1) is 11.3 Å². The number of aromatic nitrogens is 1. The molecule has 1 aliphatic heterocycles. The van der Waals surface area contributed by atoms with E-state index in [-0.39, 0.29) is 24.1 Å². The lowest BCUT2D eigenvalue weighted by molar-refractivity contribution is 0.0240. The van der Waals surface area contributed by atoms with E-state index in [1.54, 1.807) is 30.6 Å². The number of rotatable bonds is 3. The molecule has 2 aliphatic rings. The molecular weight excluding hydrogens is 524 g/mol. The number of halogens is 2. The van der Waals surface area contributed by atoms with Crippen molar-refractivity contribution in [1.82, 2.24) is 15.2 Å². The van der Waals surface area contributed by atoms with Crippen LogP contribution >= 0.6 is 11.3 Å². The number of thiophene rings is 1. The van der Waals surface area contributed by atoms with Gasteiger partial charge in [0.15, 0.2) is 0 Å². The van der Waals surface area contributed by atoms with Crippen molar-refractivity contribution in [3.63, 3.8) is 0 Å². The summed E-state index contributed by atoms with van der Waals surface area (Å²) < 4.78 is 36.4. The number of carbonyl (C=O) groups is 2. The van der Waals surface area contributed by atoms with Crippen LogP contribution in [0.2, 0.25) is 0 Å². The zero-order valence-electron chi connectivity index (χ0n) is 22.6. The average Bonchev–Trinajstić information content (AvgIpc) is 3.20. The number of nitrogens with zero attached hydrogens (tertiary/aromatic N) is 3. The highest BCUT2D eigenvalue weighted by atomic mass is 32.1. The lowest BCUT2D eigenvalue weighted by Crippen LogP contribution is -2.50. The largest absolute Gasteiger partial charge is 0.444 e. The molecule has 0 unspecified atom stereocenters. The van der Waals surface area contributed by atoms with Gasteiger partial charge in [0.05, 0.1) is 11.4 Å². The first kappa shape index (κ1) is 27.1. The number of nitrogens with two attached hydrogens (primary N) is 1. The quantitative estimate of drug-likeness (QED) is 0.480. The van der Waals surface area contributed by atoms with Crippen LogP contribution in [-0.2, 0) is 17.6 Å². The predicted molar refractivity (Wildman–Crippen MR) is 148 cm³/mol. The van der Waals surface area contributed by atoms with Gasteiger partial charge in [0.2, 0.25) is 0 Å². The molecule has 1 atom stereocenters. The summed E-state index contributed by atoms with van der Waals surface area (Å²) in [6.07, 6.45) is 0.569. The van der Waals surface area contributed by atoms with E-state index in [2.05, 4.69) is 10.3 Å². The molecule has 1 aromatic carbocycles. The molecule has 39 heavy (non-hydrogen) atoms. The number of nitrogen functional groups attached to an aromatic ring is 1. The molecule has 0 spiro atoms. The summed E-state index contributed by atoms with van der Waals surface area (Å²) in [6, 6.07) is 4.59. The number of hydrogen-bond donors (Lipinski definition) is 2. The molecule has 0 saturated carbocycles. The van der Waals surface area contributed by atoms with Crippen molar-refractivity contribution in [2.45, 2.75) is 58.6 Å². The lowest BCUT2D eigenvalue weighted by atomic mass is 9.86. The maximum Gasteiger partial charge on any atom is 0.410 e. The first-order valence-electron chi connectivity index (χ1n) is 13.1. The van der Waals surface area contributed by atoms with E-state index in [0.717, 1.165) is 11.1 Å². The second-order valence-electron chi connectivity index (χ2n) is 11.2. The zero-order chi connectivity index (χ0) is 28.1. The maximum absolute atomic E-state index is 15.6. The summed E-state index contributed by atoms with van der Waals surface area (Å²) in [5, 5.41) is 3.70. The normalized spacial score (nSPS) is 17.7. The van der Waals surface area contributed by atoms with Crippen LogP contribution in [0.25, 0.3) is 10.2 Å². The molecule has 8 nitrogen and oxygen atoms in total. The van der Waals surface area contributed by atoms with Crippen LogP contribution in [0.3, 0.4) is 0 Å². The van der Waals surface area contributed by atoms with E-state index >= 15 is 8.78 Å². The Bertz CT molecular complexity index is 1440. The molecule has 3 aromatic rings. The fourth-order valence-corrected chi connectivity index (χ4v) is 6.21. The Hall–Kier alpha value is -3.47. The third-order valence-electron chi connectivity index (χ3n) is 7.15. The zero-order valence-corrected chi connectivity index (χ0v) is 23.4. The van der Waals surface area contributed by atoms with Gasteiger partial charge in [0.25, 0.3) is 5.91 Å². The molecule has 0 bridgehead atoms. The minimum Gasteiger partial charge on any atom is -0.444 e. The van der Waals surface area contributed by atoms with E-state index < -0.39 is 23.3 Å². The molecule has 2 aromatic heterocycles. The van der Waals surface area contributed by atoms with Gasteiger partial charge in [-0.1, -0.05) is 0 Å². The van der Waals surface area contributed by atoms with Crippen LogP contribution < -0.4 is 16.0 Å². The number of amides is 2. The molecular formula is C28H33F2N5O3S. The second-order valence-corrected chi connectivity index (χ2v) is 12.2. The Morgan fingerprint density at radius 3 is 2.56 bits per heavy atom. The Morgan fingerprint density at radius 1 is 1.15 bits per heavy atom. The molecule has 3 heterocycles. The molecule has 0 radical (unpaired) electrons. The fourth-order valence-electron chi connectivity index (χ4n) is 5.17. The number of hydrogen-bond acceptors (Lipinski definition) is 7. The Kier molecular flexibility index (Phi) is 7.13. The molecule has 1 aliphatic carbocycles. The first-order chi connectivity index (χ1) is 18.4. The van der Waals surface area contributed by atoms with Gasteiger partial charge in [-0.2, -0.15) is 0 Å². The van der Waals surface area contributed by atoms with Crippen LogP contribution in [0.4, 0.5) is 25.0 Å². The number of aryl methyl sites for hydroxylation is 1. The number of piperazine rings is 1. The summed E-state index contributed by atoms with van der Waals surface area (Å²) >= 11 is 1.23. The number of benzene rings is 1. The van der Waals surface area contributed by atoms with Crippen LogP contribution in [0.15, 0.2) is 18.2 Å². The van der Waals surface area contributed by atoms with E-state index in [4.69, 9.17) is 10.5 Å². The summed E-state index contributed by atoms with van der Waals surface area (Å²) in [6.45, 7) is 8.75. The maximum atomic E-state index is 15.6. The molecule has 2 amide bonds. The standard InChI is InChI=1S/C28H33F2N5O3S/c1-15-5-7-18-23(31)24(39-26(18)32-15)25(36)33-16-6-8-17-19(13-16)20(29)14-21(22(17)30)34-9-11-35(12-10-34)27(37)38-28(2,3)4/h5,7,14,16H,6,8-13,31H2,1-4H3,(H,33,36)/t16-/m0/s1. The number of ether oxygens (including phenoxy) is 1. The number of pyridine rings is 1. The number of fused-ring (bicyclic) bond motifs is 2. The third kappa shape index (κ3) is 5.50. The van der Waals surface area contributed by atoms with Crippen molar-refractivity contribution in [3.8, 4) is 0 Å². The van der Waals surface area contributed by atoms with E-state index in [9.17, 15) is 9.59 Å². The Labute approximate surface area is 230 Å². The summed E-state index contributed by atoms with van der Waals surface area (Å²) in [5.74, 6) is -1.25. The Morgan fingerprint density at radius 2 is 1.87 bits per heavy atom. The monoisotopic (exact) mass is 557 g/mol. The van der Waals surface area contributed by atoms with Crippen LogP contribution in [0.5, 0.6) is 0 Å². The number of carbonyl (C=O) groups excluding carboxylic acids is 2. The third-order valence-corrected chi connectivity index (χ3v) is 8.26. The van der Waals surface area contributed by atoms with Crippen LogP contribution in [0.1, 0.15) is 53.7 Å². The van der Waals surface area contributed by atoms with Gasteiger partial charge in [0, 0.05) is 49.4 Å². The van der Waals surface area contributed by atoms with Crippen molar-refractivity contribution in [2.24, 2.45) is 0 Å². The first-order valence-corrected chi connectivity index (χ1v) is 13.9. The van der Waals surface area contributed by atoms with Crippen molar-refractivity contribution in [1.29, 1.82) is 0 Å². The van der Waals surface area contributed by atoms with Crippen molar-refractivity contribution in [2.75, 3.05) is 36.8 Å². The van der Waals surface area contributed by atoms with Gasteiger partial charge < -0.3 is 25.6 Å². The van der Waals surface area contributed by atoms with E-state index in [0.29, 0.717) is 65.5 Å². The number of nitrogens with one attached hydrogen (secondary N) is 1. The van der Waals surface area contributed by atoms with Crippen LogP contribution in [-0.4, -0.2) is 59.7 Å². The van der Waals surface area contributed by atoms with E-state index in [1.165, 1.54) is 17.4 Å². The van der Waals surface area contributed by atoms with Gasteiger partial charge in [0.1, 0.15) is 26.9 Å². The summed E-state index contributed by atoms with van der Waals surface area (Å²) in [5.41, 5.74) is 7.69. The van der Waals surface area contributed by atoms with E-state index in [1.807, 2.05) is 19.1 Å². The highest BCUT2D eigenvalue weighted by Gasteiger charge is 2.32. The highest BCUT2D eigenvalue weighted by molar-refractivity contribution is 7.21. The average molecular weight is 558 g/mol. The number of anilines is 2. The highest BCUT2D eigenvalue weighted by Crippen LogP contribution is 2.35. The predicted octanol–water partition coefficient (Wildman–Crippen LogP) is 4.81. The van der Waals surface area contributed by atoms with Crippen molar-refractivity contribution < 1.29 is 23.1 Å². The second kappa shape index (κ2) is 10.3. The molecule has 5 rings (SSSR count). The molecule has 1 saturated heterocycles.